The van der Waals surface area contributed by atoms with Crippen molar-refractivity contribution < 1.29 is 24.2 Å². The zero-order valence-electron chi connectivity index (χ0n) is 16.6. The zero-order chi connectivity index (χ0) is 23.1. The molecule has 0 aliphatic heterocycles. The van der Waals surface area contributed by atoms with Crippen LogP contribution < -0.4 is 21.1 Å². The van der Waals surface area contributed by atoms with Gasteiger partial charge in [-0.2, -0.15) is 5.26 Å². The van der Waals surface area contributed by atoms with Crippen LogP contribution in [0, 0.1) is 11.3 Å². The van der Waals surface area contributed by atoms with Crippen LogP contribution in [0.15, 0.2) is 48.5 Å². The maximum atomic E-state index is 12.3. The van der Waals surface area contributed by atoms with Crippen molar-refractivity contribution in [2.75, 3.05) is 17.2 Å². The molecule has 2 aromatic carbocycles. The van der Waals surface area contributed by atoms with Gasteiger partial charge in [0.25, 0.3) is 5.91 Å². The Balaban J connectivity index is 1.68. The van der Waals surface area contributed by atoms with E-state index in [1.807, 2.05) is 6.07 Å². The molecule has 3 amide bonds. The minimum absolute atomic E-state index is 0.0277. The summed E-state index contributed by atoms with van der Waals surface area (Å²) in [5.41, 5.74) is 7.02. The molecule has 0 saturated heterocycles. The van der Waals surface area contributed by atoms with Crippen LogP contribution in [-0.4, -0.2) is 39.6 Å². The van der Waals surface area contributed by atoms with Crippen molar-refractivity contribution in [3.63, 3.8) is 0 Å². The number of urea groups is 1. The number of nitrogens with two attached hydrogens (primary N) is 1. The summed E-state index contributed by atoms with van der Waals surface area (Å²) in [6, 6.07) is 14.2. The predicted molar refractivity (Wildman–Crippen MR) is 113 cm³/mol. The molecule has 162 valence electrons. The Morgan fingerprint density at radius 1 is 1.09 bits per heavy atom. The molecule has 3 rings (SSSR count). The highest BCUT2D eigenvalue weighted by Gasteiger charge is 2.17. The van der Waals surface area contributed by atoms with Crippen LogP contribution in [-0.2, 0) is 11.2 Å². The molecule has 32 heavy (non-hydrogen) atoms. The summed E-state index contributed by atoms with van der Waals surface area (Å²) < 4.78 is 5.08. The number of ether oxygens (including phenoxy) is 1. The molecule has 1 heterocycles. The minimum atomic E-state index is -1.08. The highest BCUT2D eigenvalue weighted by molar-refractivity contribution is 6.04. The van der Waals surface area contributed by atoms with Crippen LogP contribution in [0.25, 0.3) is 0 Å². The molecule has 0 spiro atoms. The lowest BCUT2D eigenvalue weighted by Crippen LogP contribution is -2.22. The minimum Gasteiger partial charge on any atom is -0.482 e. The molecule has 11 heteroatoms. The first-order valence-corrected chi connectivity index (χ1v) is 9.24. The van der Waals surface area contributed by atoms with Gasteiger partial charge in [0, 0.05) is 12.1 Å². The van der Waals surface area contributed by atoms with E-state index in [2.05, 4.69) is 20.6 Å². The van der Waals surface area contributed by atoms with Gasteiger partial charge in [0.1, 0.15) is 17.3 Å². The SMILES string of the molecule is N#Cc1ccc(NC(=O)Nc2nc(Cc3ccc(OCC(=O)O)cc3)[nH]c2C(N)=O)cc1. The number of nitrogens with one attached hydrogen (secondary N) is 3. The Hall–Kier alpha value is -4.85. The Morgan fingerprint density at radius 3 is 2.38 bits per heavy atom. The lowest BCUT2D eigenvalue weighted by atomic mass is 10.1. The molecule has 6 N–H and O–H groups in total. The van der Waals surface area contributed by atoms with Crippen molar-refractivity contribution in [2.45, 2.75) is 6.42 Å². The lowest BCUT2D eigenvalue weighted by molar-refractivity contribution is -0.139. The van der Waals surface area contributed by atoms with Gasteiger partial charge in [-0.05, 0) is 42.0 Å². The van der Waals surface area contributed by atoms with Crippen LogP contribution in [0.5, 0.6) is 5.75 Å². The van der Waals surface area contributed by atoms with Gasteiger partial charge in [-0.25, -0.2) is 14.6 Å². The number of benzene rings is 2. The number of nitrogens with zero attached hydrogens (tertiary/aromatic N) is 2. The lowest BCUT2D eigenvalue weighted by Gasteiger charge is -2.06. The number of hydrogen-bond donors (Lipinski definition) is 5. The van der Waals surface area contributed by atoms with Crippen molar-refractivity contribution in [3.8, 4) is 11.8 Å². The van der Waals surface area contributed by atoms with Crippen molar-refractivity contribution in [1.29, 1.82) is 5.26 Å². The van der Waals surface area contributed by atoms with Crippen LogP contribution in [0.3, 0.4) is 0 Å². The van der Waals surface area contributed by atoms with Gasteiger partial charge >= 0.3 is 12.0 Å². The van der Waals surface area contributed by atoms with Gasteiger partial charge in [-0.1, -0.05) is 12.1 Å². The number of aliphatic carboxylic acids is 1. The van der Waals surface area contributed by atoms with Crippen molar-refractivity contribution in [2.24, 2.45) is 5.73 Å². The summed E-state index contributed by atoms with van der Waals surface area (Å²) in [5.74, 6) is -1.12. The fraction of sp³-hybridized carbons (Fsp3) is 0.0952. The van der Waals surface area contributed by atoms with E-state index in [4.69, 9.17) is 20.8 Å². The quantitative estimate of drug-likeness (QED) is 0.359. The maximum absolute atomic E-state index is 12.3. The zero-order valence-corrected chi connectivity index (χ0v) is 16.6. The van der Waals surface area contributed by atoms with E-state index in [-0.39, 0.29) is 11.5 Å². The Morgan fingerprint density at radius 2 is 1.78 bits per heavy atom. The van der Waals surface area contributed by atoms with Crippen LogP contribution in [0.2, 0.25) is 0 Å². The van der Waals surface area contributed by atoms with Crippen LogP contribution >= 0.6 is 0 Å². The second kappa shape index (κ2) is 9.77. The van der Waals surface area contributed by atoms with Gasteiger partial charge in [0.2, 0.25) is 0 Å². The van der Waals surface area contributed by atoms with E-state index < -0.39 is 24.5 Å². The summed E-state index contributed by atoms with van der Waals surface area (Å²) in [6.07, 6.45) is 0.290. The third-order valence-electron chi connectivity index (χ3n) is 4.16. The number of nitriles is 1. The molecule has 0 saturated carbocycles. The largest absolute Gasteiger partial charge is 0.482 e. The monoisotopic (exact) mass is 434 g/mol. The molecule has 11 nitrogen and oxygen atoms in total. The average Bonchev–Trinajstić information content (AvgIpc) is 3.16. The summed E-state index contributed by atoms with van der Waals surface area (Å²) in [7, 11) is 0. The molecule has 0 atom stereocenters. The van der Waals surface area contributed by atoms with Crippen LogP contribution in [0.4, 0.5) is 16.3 Å². The second-order valence-electron chi connectivity index (χ2n) is 6.54. The molecular weight excluding hydrogens is 416 g/mol. The highest BCUT2D eigenvalue weighted by Crippen LogP contribution is 2.18. The summed E-state index contributed by atoms with van der Waals surface area (Å²) in [4.78, 5) is 41.6. The van der Waals surface area contributed by atoms with E-state index >= 15 is 0 Å². The van der Waals surface area contributed by atoms with Gasteiger partial charge in [0.05, 0.1) is 11.6 Å². The number of anilines is 2. The van der Waals surface area contributed by atoms with E-state index in [0.29, 0.717) is 29.2 Å². The number of carbonyl (C=O) groups is 3. The Kier molecular flexibility index (Phi) is 6.67. The molecule has 0 aliphatic carbocycles. The van der Waals surface area contributed by atoms with Gasteiger partial charge < -0.3 is 25.9 Å². The first kappa shape index (κ1) is 21.8. The number of rotatable bonds is 8. The molecule has 1 aromatic heterocycles. The number of carboxylic acids is 1. The summed E-state index contributed by atoms with van der Waals surface area (Å²) >= 11 is 0. The summed E-state index contributed by atoms with van der Waals surface area (Å²) in [6.45, 7) is -0.445. The molecule has 0 unspecified atom stereocenters. The van der Waals surface area contributed by atoms with E-state index in [1.165, 1.54) is 0 Å². The van der Waals surface area contributed by atoms with Gasteiger partial charge in [0.15, 0.2) is 12.4 Å². The van der Waals surface area contributed by atoms with E-state index in [1.54, 1.807) is 48.5 Å². The topological polar surface area (TPSA) is 183 Å². The molecule has 0 radical (unpaired) electrons. The molecule has 0 bridgehead atoms. The third-order valence-corrected chi connectivity index (χ3v) is 4.16. The highest BCUT2D eigenvalue weighted by atomic mass is 16.5. The fourth-order valence-electron chi connectivity index (χ4n) is 2.71. The summed E-state index contributed by atoms with van der Waals surface area (Å²) in [5, 5.41) is 22.5. The standard InChI is InChI=1S/C21H18N6O5/c22-10-13-1-5-14(6-2-13)24-21(31)27-20-18(19(23)30)25-16(26-20)9-12-3-7-15(8-4-12)32-11-17(28)29/h1-8H,9,11H2,(H2,23,30)(H,25,26)(H,28,29)(H2,24,27,31). The number of H-pyrrole nitrogens is 1. The average molecular weight is 434 g/mol. The van der Waals surface area contributed by atoms with E-state index in [0.717, 1.165) is 5.56 Å². The number of imidazole rings is 1. The Labute approximate surface area is 181 Å². The van der Waals surface area contributed by atoms with E-state index in [9.17, 15) is 14.4 Å². The number of carboxylic acid groups (broad SMARTS) is 1. The first-order valence-electron chi connectivity index (χ1n) is 9.24. The number of aromatic amines is 1. The maximum Gasteiger partial charge on any atom is 0.341 e. The number of aromatic nitrogens is 2. The molecule has 3 aromatic rings. The van der Waals surface area contributed by atoms with Crippen LogP contribution in [0.1, 0.15) is 27.4 Å². The fourth-order valence-corrected chi connectivity index (χ4v) is 2.71. The van der Waals surface area contributed by atoms with Crippen molar-refractivity contribution in [1.82, 2.24) is 9.97 Å². The number of carbonyl (C=O) groups excluding carboxylic acids is 2. The smallest absolute Gasteiger partial charge is 0.341 e. The van der Waals surface area contributed by atoms with Crippen molar-refractivity contribution >= 4 is 29.4 Å². The molecule has 0 fully saturated rings. The van der Waals surface area contributed by atoms with Gasteiger partial charge in [-0.3, -0.25) is 10.1 Å². The van der Waals surface area contributed by atoms with Gasteiger partial charge in [-0.15, -0.1) is 0 Å². The number of amides is 3. The number of primary amides is 1. The number of hydrogen-bond acceptors (Lipinski definition) is 6. The molecule has 0 aliphatic rings. The first-order chi connectivity index (χ1) is 15.3. The third kappa shape index (κ3) is 5.83. The normalized spacial score (nSPS) is 10.1. The van der Waals surface area contributed by atoms with Crippen molar-refractivity contribution in [3.05, 3.63) is 71.2 Å². The predicted octanol–water partition coefficient (Wildman–Crippen LogP) is 2.08. The molecular formula is C21H18N6O5. The second-order valence-corrected chi connectivity index (χ2v) is 6.54. The Bertz CT molecular complexity index is 1180.